The monoisotopic (exact) mass is 1970 g/mol. The summed E-state index contributed by atoms with van der Waals surface area (Å²) in [6, 6.07) is 13.2. The van der Waals surface area contributed by atoms with Crippen LogP contribution in [0.25, 0.3) is 10.9 Å². The summed E-state index contributed by atoms with van der Waals surface area (Å²) in [6.45, 7) is 33.0. The van der Waals surface area contributed by atoms with Crippen LogP contribution >= 0.6 is 21.6 Å². The Morgan fingerprint density at radius 3 is 1.56 bits per heavy atom. The molecule has 0 spiro atoms. The smallest absolute Gasteiger partial charge is 0.407 e. The number of phenolic OH excluding ortho intramolecular Hbond substituents is 1. The van der Waals surface area contributed by atoms with Gasteiger partial charge in [-0.15, -0.1) is 0 Å². The second kappa shape index (κ2) is 53.3. The Kier molecular flexibility index (Phi) is 44.6. The summed E-state index contributed by atoms with van der Waals surface area (Å²) in [5.41, 5.74) is -2.13. The molecule has 1 aliphatic rings. The van der Waals surface area contributed by atoms with Gasteiger partial charge in [-0.05, 0) is 224 Å². The fraction of sp³-hybridized carbons (Fsp3) is 0.588. The van der Waals surface area contributed by atoms with Gasteiger partial charge in [-0.2, -0.15) is 0 Å². The highest BCUT2D eigenvalue weighted by Crippen LogP contribution is 2.28. The maximum absolute atomic E-state index is 15.6. The van der Waals surface area contributed by atoms with Gasteiger partial charge >= 0.3 is 35.9 Å². The number of carboxylic acid groups (broad SMARTS) is 1. The van der Waals surface area contributed by atoms with Gasteiger partial charge in [-0.25, -0.2) is 19.4 Å². The molecule has 1 saturated heterocycles. The number of carbonyl (C=O) groups excluding carboxylic acids is 13. The molecule has 39 nitrogen and oxygen atoms in total. The Bertz CT molecular complexity index is 4810. The van der Waals surface area contributed by atoms with Gasteiger partial charge in [-0.3, -0.25) is 72.2 Å². The van der Waals surface area contributed by atoms with Crippen LogP contribution in [0.2, 0.25) is 0 Å². The lowest BCUT2D eigenvalue weighted by atomic mass is 10.0. The summed E-state index contributed by atoms with van der Waals surface area (Å²) in [4.78, 5) is 221. The predicted octanol–water partition coefficient (Wildman–Crippen LogP) is 6.10. The number of ether oxygens (including phenoxy) is 5. The van der Waals surface area contributed by atoms with Gasteiger partial charge in [0.15, 0.2) is 6.04 Å². The number of aliphatic carboxylic acids is 1. The van der Waals surface area contributed by atoms with E-state index in [4.69, 9.17) is 33.5 Å². The summed E-state index contributed by atoms with van der Waals surface area (Å²) in [7, 11) is 1.66. The molecule has 2 heterocycles. The first-order valence-corrected chi connectivity index (χ1v) is 48.5. The third-order valence-corrected chi connectivity index (χ3v) is 22.8. The number of unbranched alkanes of at least 4 members (excludes halogenated alkanes) is 1. The van der Waals surface area contributed by atoms with Crippen LogP contribution in [0.5, 0.6) is 5.75 Å². The van der Waals surface area contributed by atoms with Crippen molar-refractivity contribution in [1.29, 1.82) is 0 Å². The van der Waals surface area contributed by atoms with Crippen molar-refractivity contribution in [1.82, 2.24) is 67.5 Å². The van der Waals surface area contributed by atoms with E-state index in [0.29, 0.717) is 38.8 Å². The van der Waals surface area contributed by atoms with Crippen LogP contribution in [0.15, 0.2) is 109 Å². The minimum absolute atomic E-state index is 0.0174. The molecule has 15 N–H and O–H groups in total. The van der Waals surface area contributed by atoms with E-state index >= 15 is 19.2 Å². The molecule has 0 radical (unpaired) electrons. The Morgan fingerprint density at radius 1 is 0.522 bits per heavy atom. The average Bonchev–Trinajstić information content (AvgIpc) is 1.46. The van der Waals surface area contributed by atoms with E-state index in [0.717, 1.165) is 35.4 Å². The number of aromatic nitrogens is 1. The maximum atomic E-state index is 15.6. The lowest BCUT2D eigenvalue weighted by molar-refractivity contribution is -0.368. The number of nitrogens with one attached hydrogen (secondary N) is 11. The molecule has 6 rings (SSSR count). The second-order valence-corrected chi connectivity index (χ2v) is 42.8. The number of benzene rings is 4. The number of aliphatic hydroxyl groups excluding tert-OH is 2. The first-order chi connectivity index (χ1) is 64.2. The molecule has 764 valence electrons. The topological polar surface area (TPSA) is 530 Å². The van der Waals surface area contributed by atoms with E-state index < -0.39 is 207 Å². The van der Waals surface area contributed by atoms with Crippen molar-refractivity contribution in [3.63, 3.8) is 0 Å². The summed E-state index contributed by atoms with van der Waals surface area (Å²) in [5, 5.41) is 69.9. The van der Waals surface area contributed by atoms with Crippen molar-refractivity contribution in [2.75, 3.05) is 75.9 Å². The SMILES string of the molecule is C[C@@H](O)[C@H](NC(=O)C1CSSCC(NC(=O)C(Cc2ccccc2)NC(=O)CNc2ccc(C[C@H](CN(CC(=O)OC(C)(C)C)CC(=O)OC(C)(C)C)N(COOC(C)(C)C)[C@@H](C)CN(CC(=O)OC(C)(C)C)CC(=O)OC(C)(C)C)cc2)C(=O)N[C@@H](Cc2ccc(O)cc2)C(=O)N[C@@H](Cc2c[nH]c3ccccc23)C(=O)N[C@@H](CCCCNC(=O)OC(C)(C)C)C(=O)N[C@@H]([C@@H](C)O)C(=O)N1)C(=O)O. The van der Waals surface area contributed by atoms with Gasteiger partial charge < -0.3 is 102 Å². The number of esters is 4. The number of aromatic amines is 1. The van der Waals surface area contributed by atoms with Crippen molar-refractivity contribution < 1.29 is 121 Å². The Labute approximate surface area is 815 Å². The highest BCUT2D eigenvalue weighted by atomic mass is 33.1. The molecule has 0 saturated carbocycles. The summed E-state index contributed by atoms with van der Waals surface area (Å²) >= 11 is 0. The number of H-pyrrole nitrogens is 1. The molecule has 1 aliphatic heterocycles. The largest absolute Gasteiger partial charge is 0.508 e. The number of hydrogen-bond acceptors (Lipinski definition) is 30. The Hall–Kier alpha value is -11.2. The highest BCUT2D eigenvalue weighted by molar-refractivity contribution is 8.76. The van der Waals surface area contributed by atoms with Gasteiger partial charge in [0.1, 0.15) is 82.8 Å². The molecule has 1 fully saturated rings. The molecular weight excluding hydrogens is 1830 g/mol. The number of fused-ring (bicyclic) bond motifs is 1. The standard InChI is InChI=1S/C97H144N14O25S2/c1-58(49-109(51-77(116)131-92(4,5)6)52-78(117)132-93(7,8)9)111(57-130-136-97(19,20)21)66(50-110(53-79(118)133-94(10,11)12)54-80(119)134-95(13,14)15)43-62-34-38-65(39-35-62)99-48-76(115)101-71(44-61-29-23-22-24-30-61)84(121)105-74-55-137-138-56-75(88(125)108-82(60(3)113)90(127)128)106-89(126)81(59(2)112)107-83(120)70(33-27-28-42-98-91(129)135-96(16,17)18)102-86(123)73(46-64-47-100-69-32-26-25-31-68(64)69)104-85(122)72(103-87(74)124)45-63-36-40-67(114)41-37-63/h22-26,29-32,34-41,47,58-60,66,70-75,81-82,99-100,112-114H,27-28,33,42-46,48-57H2,1-21H3,(H,98,129)(H,101,115)(H,102,123)(H,103,124)(H,104,122)(H,105,121)(H,106,126)(H,107,120)(H,108,125)(H,127,128)/t58-,59+,60+,66+,70-,71?,72-,73-,74?,75?,81-,82-/m0/s1. The fourth-order valence-corrected chi connectivity index (χ4v) is 16.7. The number of hydrogen-bond donors (Lipinski definition) is 15. The zero-order valence-corrected chi connectivity index (χ0v) is 84.7. The van der Waals surface area contributed by atoms with E-state index in [2.05, 4.69) is 58.2 Å². The number of aromatic hydroxyl groups is 1. The van der Waals surface area contributed by atoms with Crippen molar-refractivity contribution in [3.05, 3.63) is 132 Å². The minimum Gasteiger partial charge on any atom is -0.508 e. The van der Waals surface area contributed by atoms with E-state index in [-0.39, 0.29) is 103 Å². The molecule has 12 atom stereocenters. The number of rotatable bonds is 41. The zero-order chi connectivity index (χ0) is 103. The summed E-state index contributed by atoms with van der Waals surface area (Å²) in [5.74, 6) is -13.3. The lowest BCUT2D eigenvalue weighted by Gasteiger charge is -2.40. The van der Waals surface area contributed by atoms with Gasteiger partial charge in [-0.1, -0.05) is 94.4 Å². The predicted molar refractivity (Wildman–Crippen MR) is 520 cm³/mol. The molecule has 1 aromatic heterocycles. The molecular formula is C97H144N14O25S2. The van der Waals surface area contributed by atoms with Crippen LogP contribution in [-0.4, -0.2) is 300 Å². The average molecular weight is 1970 g/mol. The van der Waals surface area contributed by atoms with Gasteiger partial charge in [0.2, 0.25) is 47.3 Å². The molecule has 5 aromatic rings. The molecule has 3 unspecified atom stereocenters. The second-order valence-electron chi connectivity index (χ2n) is 40.2. The van der Waals surface area contributed by atoms with Gasteiger partial charge in [0, 0.05) is 85.3 Å². The lowest BCUT2D eigenvalue weighted by Crippen LogP contribution is -2.62. The molecule has 0 aliphatic carbocycles. The van der Waals surface area contributed by atoms with Crippen LogP contribution in [0.1, 0.15) is 187 Å². The first kappa shape index (κ1) is 116. The number of aliphatic hydroxyl groups is 2. The van der Waals surface area contributed by atoms with Crippen molar-refractivity contribution in [2.24, 2.45) is 0 Å². The number of carboxylic acids is 1. The van der Waals surface area contributed by atoms with Crippen molar-refractivity contribution in [2.45, 2.75) is 297 Å². The molecule has 9 amide bonds. The summed E-state index contributed by atoms with van der Waals surface area (Å²) < 4.78 is 28.5. The van der Waals surface area contributed by atoms with E-state index in [1.54, 1.807) is 219 Å². The van der Waals surface area contributed by atoms with Gasteiger partial charge in [0.05, 0.1) is 50.5 Å². The number of carbonyl (C=O) groups is 14. The van der Waals surface area contributed by atoms with Crippen LogP contribution in [0.3, 0.4) is 0 Å². The van der Waals surface area contributed by atoms with Gasteiger partial charge in [0.25, 0.3) is 0 Å². The Balaban J connectivity index is 1.42. The summed E-state index contributed by atoms with van der Waals surface area (Å²) in [6.07, 6.45) is -3.10. The van der Waals surface area contributed by atoms with E-state index in [1.165, 1.54) is 24.3 Å². The third-order valence-electron chi connectivity index (χ3n) is 20.3. The van der Waals surface area contributed by atoms with Crippen LogP contribution < -0.4 is 53.2 Å². The number of para-hydroxylation sites is 1. The van der Waals surface area contributed by atoms with Crippen LogP contribution in [0.4, 0.5) is 10.5 Å². The number of anilines is 1. The van der Waals surface area contributed by atoms with E-state index in [9.17, 15) is 68.4 Å². The van der Waals surface area contributed by atoms with Crippen molar-refractivity contribution >= 4 is 121 Å². The normalized spacial score (nSPS) is 18.5. The first-order valence-electron chi connectivity index (χ1n) is 46.0. The third kappa shape index (κ3) is 43.9. The number of alkyl carbamates (subject to hydrolysis) is 1. The van der Waals surface area contributed by atoms with E-state index in [1.807, 2.05) is 11.8 Å². The molecule has 0 bridgehead atoms. The molecule has 4 aromatic carbocycles. The highest BCUT2D eigenvalue weighted by Gasteiger charge is 2.41. The maximum Gasteiger partial charge on any atom is 0.407 e. The number of nitrogens with zero attached hydrogens (tertiary/aromatic N) is 3. The minimum atomic E-state index is -1.94. The van der Waals surface area contributed by atoms with Crippen LogP contribution in [-0.2, 0) is 121 Å². The molecule has 41 heteroatoms. The van der Waals surface area contributed by atoms with Crippen LogP contribution in [0, 0.1) is 0 Å². The molecule has 138 heavy (non-hydrogen) atoms. The zero-order valence-electron chi connectivity index (χ0n) is 83.1. The Morgan fingerprint density at radius 2 is 1.02 bits per heavy atom. The van der Waals surface area contributed by atoms with Crippen molar-refractivity contribution in [3.8, 4) is 5.75 Å². The number of amides is 9. The fourth-order valence-electron chi connectivity index (χ4n) is 14.3. The quantitative estimate of drug-likeness (QED) is 0.00399. The number of phenols is 1.